The van der Waals surface area contributed by atoms with Crippen molar-refractivity contribution in [2.45, 2.75) is 27.7 Å². The van der Waals surface area contributed by atoms with Gasteiger partial charge in [0.25, 0.3) is 5.56 Å². The summed E-state index contributed by atoms with van der Waals surface area (Å²) in [6.07, 6.45) is 1.60. The molecule has 1 amide bonds. The molecule has 0 saturated carbocycles. The number of anilines is 1. The molecule has 0 aliphatic carbocycles. The molecule has 0 saturated heterocycles. The lowest BCUT2D eigenvalue weighted by Gasteiger charge is -2.13. The van der Waals surface area contributed by atoms with E-state index >= 15 is 0 Å². The standard InChI is InChI=1S/C20H21N3O2/c1-11(2)19(24)23-16-10-15-12(3)8-17(22-18(15)9-13(16)4)14-6-5-7-21-20(14)25/h5-11H,1-4H3,(H,21,25)(H,23,24). The van der Waals surface area contributed by atoms with Gasteiger partial charge in [0.15, 0.2) is 0 Å². The number of benzene rings is 1. The number of carbonyl (C=O) groups excluding carboxylic acids is 1. The van der Waals surface area contributed by atoms with Crippen molar-refractivity contribution in [1.29, 1.82) is 0 Å². The summed E-state index contributed by atoms with van der Waals surface area (Å²) in [4.78, 5) is 31.4. The van der Waals surface area contributed by atoms with Crippen molar-refractivity contribution in [2.75, 3.05) is 5.32 Å². The lowest BCUT2D eigenvalue weighted by molar-refractivity contribution is -0.118. The fraction of sp³-hybridized carbons (Fsp3) is 0.250. The van der Waals surface area contributed by atoms with Crippen LogP contribution in [0.3, 0.4) is 0 Å². The highest BCUT2D eigenvalue weighted by atomic mass is 16.1. The third-order valence-electron chi connectivity index (χ3n) is 4.24. The van der Waals surface area contributed by atoms with Gasteiger partial charge in [-0.3, -0.25) is 9.59 Å². The van der Waals surface area contributed by atoms with Crippen LogP contribution in [0.1, 0.15) is 25.0 Å². The molecular weight excluding hydrogens is 314 g/mol. The average Bonchev–Trinajstić information content (AvgIpc) is 2.56. The van der Waals surface area contributed by atoms with Crippen molar-refractivity contribution in [3.05, 3.63) is 58.0 Å². The minimum atomic E-state index is -0.161. The van der Waals surface area contributed by atoms with Crippen LogP contribution in [0.25, 0.3) is 22.2 Å². The van der Waals surface area contributed by atoms with Crippen LogP contribution in [0.15, 0.2) is 41.3 Å². The van der Waals surface area contributed by atoms with Crippen molar-refractivity contribution in [3.63, 3.8) is 0 Å². The molecule has 5 nitrogen and oxygen atoms in total. The number of pyridine rings is 2. The Morgan fingerprint density at radius 3 is 2.60 bits per heavy atom. The number of nitrogens with one attached hydrogen (secondary N) is 2. The largest absolute Gasteiger partial charge is 0.329 e. The van der Waals surface area contributed by atoms with Gasteiger partial charge in [0.2, 0.25) is 5.91 Å². The number of amides is 1. The molecule has 0 fully saturated rings. The SMILES string of the molecule is Cc1cc2nc(-c3ccc[nH]c3=O)cc(C)c2cc1NC(=O)C(C)C. The summed E-state index contributed by atoms with van der Waals surface area (Å²) in [7, 11) is 0. The van der Waals surface area contributed by atoms with Crippen molar-refractivity contribution < 1.29 is 4.79 Å². The zero-order valence-corrected chi connectivity index (χ0v) is 14.8. The number of H-pyrrole nitrogens is 1. The van der Waals surface area contributed by atoms with Gasteiger partial charge in [0, 0.05) is 23.2 Å². The minimum Gasteiger partial charge on any atom is -0.329 e. The molecule has 2 aromatic heterocycles. The molecule has 1 aromatic carbocycles. The summed E-state index contributed by atoms with van der Waals surface area (Å²) in [5.41, 5.74) is 4.56. The number of aromatic amines is 1. The van der Waals surface area contributed by atoms with Crippen molar-refractivity contribution in [1.82, 2.24) is 9.97 Å². The molecule has 2 N–H and O–H groups in total. The number of rotatable bonds is 3. The lowest BCUT2D eigenvalue weighted by atomic mass is 10.0. The van der Waals surface area contributed by atoms with E-state index in [4.69, 9.17) is 0 Å². The molecule has 25 heavy (non-hydrogen) atoms. The molecule has 2 heterocycles. The van der Waals surface area contributed by atoms with E-state index in [1.54, 1.807) is 18.3 Å². The number of hydrogen-bond acceptors (Lipinski definition) is 3. The molecule has 128 valence electrons. The first-order chi connectivity index (χ1) is 11.9. The van der Waals surface area contributed by atoms with Crippen molar-refractivity contribution in [2.24, 2.45) is 5.92 Å². The van der Waals surface area contributed by atoms with E-state index < -0.39 is 0 Å². The predicted octanol–water partition coefficient (Wildman–Crippen LogP) is 3.80. The highest BCUT2D eigenvalue weighted by Gasteiger charge is 2.13. The average molecular weight is 335 g/mol. The molecule has 3 aromatic rings. The van der Waals surface area contributed by atoms with Gasteiger partial charge < -0.3 is 10.3 Å². The molecule has 0 spiro atoms. The van der Waals surface area contributed by atoms with E-state index in [0.717, 1.165) is 27.7 Å². The number of carbonyl (C=O) groups is 1. The maximum Gasteiger partial charge on any atom is 0.257 e. The van der Waals surface area contributed by atoms with Crippen LogP contribution in [-0.4, -0.2) is 15.9 Å². The van der Waals surface area contributed by atoms with Crippen LogP contribution in [0.2, 0.25) is 0 Å². The Hall–Kier alpha value is -2.95. The molecular formula is C20H21N3O2. The number of nitrogens with zero attached hydrogens (tertiary/aromatic N) is 1. The number of hydrogen-bond donors (Lipinski definition) is 2. The van der Waals surface area contributed by atoms with E-state index in [1.165, 1.54) is 0 Å². The zero-order valence-electron chi connectivity index (χ0n) is 14.8. The van der Waals surface area contributed by atoms with Gasteiger partial charge >= 0.3 is 0 Å². The van der Waals surface area contributed by atoms with E-state index in [2.05, 4.69) is 15.3 Å². The third-order valence-corrected chi connectivity index (χ3v) is 4.24. The maximum atomic E-state index is 12.0. The Morgan fingerprint density at radius 1 is 1.16 bits per heavy atom. The van der Waals surface area contributed by atoms with Gasteiger partial charge in [-0.1, -0.05) is 13.8 Å². The van der Waals surface area contributed by atoms with Crippen LogP contribution in [0, 0.1) is 19.8 Å². The van der Waals surface area contributed by atoms with Gasteiger partial charge in [0.1, 0.15) is 0 Å². The van der Waals surface area contributed by atoms with Crippen LogP contribution in [0.5, 0.6) is 0 Å². The highest BCUT2D eigenvalue weighted by molar-refractivity contribution is 5.97. The monoisotopic (exact) mass is 335 g/mol. The Balaban J connectivity index is 2.13. The summed E-state index contributed by atoms with van der Waals surface area (Å²) in [5.74, 6) is -0.0954. The number of aryl methyl sites for hydroxylation is 2. The molecule has 0 radical (unpaired) electrons. The Bertz CT molecular complexity index is 1020. The molecule has 0 aliphatic rings. The fourth-order valence-electron chi connectivity index (χ4n) is 2.72. The topological polar surface area (TPSA) is 74.8 Å². The quantitative estimate of drug-likeness (QED) is 0.764. The molecule has 0 unspecified atom stereocenters. The Morgan fingerprint density at radius 2 is 1.92 bits per heavy atom. The summed E-state index contributed by atoms with van der Waals surface area (Å²) in [5, 5.41) is 3.92. The van der Waals surface area contributed by atoms with E-state index in [0.29, 0.717) is 11.3 Å². The van der Waals surface area contributed by atoms with E-state index in [9.17, 15) is 9.59 Å². The second-order valence-corrected chi connectivity index (χ2v) is 6.57. The molecule has 0 aliphatic heterocycles. The molecule has 3 rings (SSSR count). The van der Waals surface area contributed by atoms with E-state index in [1.807, 2.05) is 45.9 Å². The summed E-state index contributed by atoms with van der Waals surface area (Å²) >= 11 is 0. The van der Waals surface area contributed by atoms with Crippen LogP contribution in [0.4, 0.5) is 5.69 Å². The normalized spacial score (nSPS) is 11.1. The summed E-state index contributed by atoms with van der Waals surface area (Å²) < 4.78 is 0. The number of fused-ring (bicyclic) bond motifs is 1. The second-order valence-electron chi connectivity index (χ2n) is 6.57. The smallest absolute Gasteiger partial charge is 0.257 e. The van der Waals surface area contributed by atoms with Gasteiger partial charge in [-0.05, 0) is 55.3 Å². The first kappa shape index (κ1) is 16.9. The first-order valence-electron chi connectivity index (χ1n) is 8.27. The van der Waals surface area contributed by atoms with Gasteiger partial charge in [0.05, 0.1) is 16.8 Å². The lowest BCUT2D eigenvalue weighted by Crippen LogP contribution is -2.18. The van der Waals surface area contributed by atoms with E-state index in [-0.39, 0.29) is 17.4 Å². The Labute approximate surface area is 146 Å². The predicted molar refractivity (Wildman–Crippen MR) is 101 cm³/mol. The second kappa shape index (κ2) is 6.51. The van der Waals surface area contributed by atoms with Crippen molar-refractivity contribution in [3.8, 4) is 11.3 Å². The van der Waals surface area contributed by atoms with Gasteiger partial charge in [-0.15, -0.1) is 0 Å². The minimum absolute atomic E-state index is 0.0134. The van der Waals surface area contributed by atoms with Gasteiger partial charge in [-0.2, -0.15) is 0 Å². The number of aromatic nitrogens is 2. The zero-order chi connectivity index (χ0) is 18.1. The first-order valence-corrected chi connectivity index (χ1v) is 8.27. The fourth-order valence-corrected chi connectivity index (χ4v) is 2.72. The molecule has 5 heteroatoms. The maximum absolute atomic E-state index is 12.0. The Kier molecular flexibility index (Phi) is 4.40. The van der Waals surface area contributed by atoms with Gasteiger partial charge in [-0.25, -0.2) is 4.98 Å². The highest BCUT2D eigenvalue weighted by Crippen LogP contribution is 2.28. The molecule has 0 bridgehead atoms. The molecule has 0 atom stereocenters. The van der Waals surface area contributed by atoms with Crippen LogP contribution >= 0.6 is 0 Å². The van der Waals surface area contributed by atoms with Crippen LogP contribution in [-0.2, 0) is 4.79 Å². The third kappa shape index (κ3) is 3.31. The van der Waals surface area contributed by atoms with Crippen molar-refractivity contribution >= 4 is 22.5 Å². The summed E-state index contributed by atoms with van der Waals surface area (Å²) in [6, 6.07) is 9.34. The summed E-state index contributed by atoms with van der Waals surface area (Å²) in [6.45, 7) is 7.65. The van der Waals surface area contributed by atoms with Crippen LogP contribution < -0.4 is 10.9 Å².